The average Bonchev–Trinajstić information content (AvgIpc) is 3.21. The number of ether oxygens (including phenoxy) is 1. The SMILES string of the molecule is CCc1ccc(CN2CC3C(C2)C3CN(C(=O)c2cc(C)oc2C)c2ccc(N3CCOCC3)c(F)c2)cc1. The Balaban J connectivity index is 1.17. The Labute approximate surface area is 230 Å². The maximum absolute atomic E-state index is 15.4. The smallest absolute Gasteiger partial charge is 0.261 e. The Bertz CT molecular complexity index is 1320. The molecule has 0 spiro atoms. The van der Waals surface area contributed by atoms with Gasteiger partial charge in [-0.05, 0) is 73.4 Å². The molecule has 6 rings (SSSR count). The third-order valence-electron chi connectivity index (χ3n) is 8.79. The van der Waals surface area contributed by atoms with Crippen molar-refractivity contribution in [1.82, 2.24) is 4.90 Å². The van der Waals surface area contributed by atoms with E-state index in [0.29, 0.717) is 79.1 Å². The molecule has 0 bridgehead atoms. The quantitative estimate of drug-likeness (QED) is 0.386. The topological polar surface area (TPSA) is 49.2 Å². The number of aryl methyl sites for hydroxylation is 3. The van der Waals surface area contributed by atoms with Crippen LogP contribution in [0.3, 0.4) is 0 Å². The molecule has 6 nitrogen and oxygen atoms in total. The largest absolute Gasteiger partial charge is 0.466 e. The van der Waals surface area contributed by atoms with Gasteiger partial charge in [0.1, 0.15) is 17.3 Å². The highest BCUT2D eigenvalue weighted by Gasteiger charge is 2.56. The zero-order valence-electron chi connectivity index (χ0n) is 23.2. The van der Waals surface area contributed by atoms with Gasteiger partial charge in [-0.2, -0.15) is 0 Å². The molecule has 2 saturated heterocycles. The molecule has 39 heavy (non-hydrogen) atoms. The second kappa shape index (κ2) is 10.8. The monoisotopic (exact) mass is 531 g/mol. The van der Waals surface area contributed by atoms with Crippen molar-refractivity contribution in [2.45, 2.75) is 33.7 Å². The van der Waals surface area contributed by atoms with Gasteiger partial charge in [0, 0.05) is 45.0 Å². The highest BCUT2D eigenvalue weighted by molar-refractivity contribution is 6.07. The molecular formula is C32H38FN3O3. The van der Waals surface area contributed by atoms with E-state index in [1.165, 1.54) is 17.2 Å². The minimum absolute atomic E-state index is 0.124. The molecule has 0 radical (unpaired) electrons. The van der Waals surface area contributed by atoms with Crippen LogP contribution in [0, 0.1) is 37.4 Å². The van der Waals surface area contributed by atoms with Crippen LogP contribution in [0.25, 0.3) is 0 Å². The predicted octanol–water partition coefficient (Wildman–Crippen LogP) is 5.46. The molecule has 3 fully saturated rings. The molecule has 1 amide bonds. The molecule has 3 aliphatic rings. The molecule has 0 N–H and O–H groups in total. The van der Waals surface area contributed by atoms with Crippen molar-refractivity contribution in [1.29, 1.82) is 0 Å². The number of carbonyl (C=O) groups is 1. The molecule has 3 heterocycles. The first-order chi connectivity index (χ1) is 18.9. The lowest BCUT2D eigenvalue weighted by atomic mass is 10.1. The second-order valence-corrected chi connectivity index (χ2v) is 11.3. The molecule has 2 aromatic carbocycles. The lowest BCUT2D eigenvalue weighted by molar-refractivity contribution is 0.0982. The first-order valence-corrected chi connectivity index (χ1v) is 14.2. The van der Waals surface area contributed by atoms with E-state index in [4.69, 9.17) is 9.15 Å². The number of nitrogens with zero attached hydrogens (tertiary/aromatic N) is 3. The number of hydrogen-bond donors (Lipinski definition) is 0. The Morgan fingerprint density at radius 3 is 2.31 bits per heavy atom. The van der Waals surface area contributed by atoms with Crippen molar-refractivity contribution < 1.29 is 18.3 Å². The minimum Gasteiger partial charge on any atom is -0.466 e. The maximum Gasteiger partial charge on any atom is 0.261 e. The summed E-state index contributed by atoms with van der Waals surface area (Å²) in [6, 6.07) is 15.9. The summed E-state index contributed by atoms with van der Waals surface area (Å²) in [6.07, 6.45) is 1.06. The summed E-state index contributed by atoms with van der Waals surface area (Å²) >= 11 is 0. The summed E-state index contributed by atoms with van der Waals surface area (Å²) in [5.41, 5.74) is 4.43. The lowest BCUT2D eigenvalue weighted by Gasteiger charge is -2.30. The van der Waals surface area contributed by atoms with Crippen LogP contribution in [-0.2, 0) is 17.7 Å². The van der Waals surface area contributed by atoms with E-state index in [0.717, 1.165) is 26.1 Å². The molecule has 1 aromatic heterocycles. The third kappa shape index (κ3) is 5.35. The number of benzene rings is 2. The number of anilines is 2. The fourth-order valence-corrected chi connectivity index (χ4v) is 6.50. The van der Waals surface area contributed by atoms with Crippen molar-refractivity contribution >= 4 is 17.3 Å². The number of halogens is 1. The Morgan fingerprint density at radius 1 is 1.00 bits per heavy atom. The zero-order valence-corrected chi connectivity index (χ0v) is 23.2. The average molecular weight is 532 g/mol. The summed E-state index contributed by atoms with van der Waals surface area (Å²) < 4.78 is 26.5. The van der Waals surface area contributed by atoms with Crippen LogP contribution >= 0.6 is 0 Å². The maximum atomic E-state index is 15.4. The van der Waals surface area contributed by atoms with Crippen LogP contribution in [0.15, 0.2) is 52.9 Å². The molecule has 206 valence electrons. The lowest BCUT2D eigenvalue weighted by Crippen LogP contribution is -2.37. The van der Waals surface area contributed by atoms with Gasteiger partial charge in [0.05, 0.1) is 24.5 Å². The molecule has 1 aliphatic carbocycles. The standard InChI is InChI=1S/C32H38FN3O3/c1-4-23-5-7-24(8-6-23)17-34-18-27-28(19-34)29(27)20-36(32(37)26-15-21(2)39-22(26)3)25-9-10-31(30(33)16-25)35-11-13-38-14-12-35/h5-10,15-16,27-29H,4,11-14,17-20H2,1-3H3. The fourth-order valence-electron chi connectivity index (χ4n) is 6.50. The van der Waals surface area contributed by atoms with Crippen molar-refractivity contribution in [3.05, 3.63) is 82.6 Å². The number of likely N-dealkylation sites (tertiary alicyclic amines) is 1. The molecule has 2 atom stereocenters. The predicted molar refractivity (Wildman–Crippen MR) is 151 cm³/mol. The minimum atomic E-state index is -0.302. The van der Waals surface area contributed by atoms with E-state index >= 15 is 4.39 Å². The number of morpholine rings is 1. The molecule has 2 aliphatic heterocycles. The van der Waals surface area contributed by atoms with Gasteiger partial charge in [-0.15, -0.1) is 0 Å². The van der Waals surface area contributed by atoms with Gasteiger partial charge < -0.3 is 19.0 Å². The molecule has 2 unspecified atom stereocenters. The van der Waals surface area contributed by atoms with E-state index in [-0.39, 0.29) is 11.7 Å². The number of fused-ring (bicyclic) bond motifs is 1. The summed E-state index contributed by atoms with van der Waals surface area (Å²) in [5.74, 6) is 2.44. The first kappa shape index (κ1) is 26.1. The summed E-state index contributed by atoms with van der Waals surface area (Å²) in [7, 11) is 0. The summed E-state index contributed by atoms with van der Waals surface area (Å²) in [5, 5.41) is 0. The number of rotatable bonds is 8. The molecular weight excluding hydrogens is 493 g/mol. The van der Waals surface area contributed by atoms with Gasteiger partial charge >= 0.3 is 0 Å². The van der Waals surface area contributed by atoms with Crippen molar-refractivity contribution in [2.24, 2.45) is 17.8 Å². The van der Waals surface area contributed by atoms with E-state index in [1.54, 1.807) is 11.0 Å². The summed E-state index contributed by atoms with van der Waals surface area (Å²) in [4.78, 5) is 20.1. The van der Waals surface area contributed by atoms with Crippen LogP contribution < -0.4 is 9.80 Å². The fraction of sp³-hybridized carbons (Fsp3) is 0.469. The number of amides is 1. The van der Waals surface area contributed by atoms with Crippen LogP contribution in [0.1, 0.15) is 39.9 Å². The van der Waals surface area contributed by atoms with Crippen LogP contribution in [-0.4, -0.2) is 56.7 Å². The summed E-state index contributed by atoms with van der Waals surface area (Å²) in [6.45, 7) is 12.0. The first-order valence-electron chi connectivity index (χ1n) is 14.2. The van der Waals surface area contributed by atoms with E-state index in [2.05, 4.69) is 36.1 Å². The van der Waals surface area contributed by atoms with Crippen LogP contribution in [0.2, 0.25) is 0 Å². The second-order valence-electron chi connectivity index (χ2n) is 11.3. The van der Waals surface area contributed by atoms with Crippen molar-refractivity contribution in [2.75, 3.05) is 55.7 Å². The normalized spacial score (nSPS) is 22.7. The van der Waals surface area contributed by atoms with Gasteiger partial charge in [0.15, 0.2) is 0 Å². The van der Waals surface area contributed by atoms with Gasteiger partial charge in [0.2, 0.25) is 0 Å². The Morgan fingerprint density at radius 2 is 1.69 bits per heavy atom. The Kier molecular flexibility index (Phi) is 7.21. The van der Waals surface area contributed by atoms with Crippen LogP contribution in [0.4, 0.5) is 15.8 Å². The molecule has 3 aromatic rings. The third-order valence-corrected chi connectivity index (χ3v) is 8.79. The van der Waals surface area contributed by atoms with E-state index < -0.39 is 0 Å². The number of furan rings is 1. The Hall–Kier alpha value is -3.16. The highest BCUT2D eigenvalue weighted by atomic mass is 19.1. The van der Waals surface area contributed by atoms with Gasteiger partial charge in [-0.1, -0.05) is 31.2 Å². The number of hydrogen-bond acceptors (Lipinski definition) is 5. The van der Waals surface area contributed by atoms with E-state index in [1.807, 2.05) is 30.9 Å². The van der Waals surface area contributed by atoms with Crippen molar-refractivity contribution in [3.63, 3.8) is 0 Å². The number of piperidine rings is 1. The van der Waals surface area contributed by atoms with Gasteiger partial charge in [-0.3, -0.25) is 9.69 Å². The van der Waals surface area contributed by atoms with Crippen molar-refractivity contribution in [3.8, 4) is 0 Å². The van der Waals surface area contributed by atoms with E-state index in [9.17, 15) is 4.79 Å². The number of carbonyl (C=O) groups excluding carboxylic acids is 1. The highest BCUT2D eigenvalue weighted by Crippen LogP contribution is 2.52. The van der Waals surface area contributed by atoms with Gasteiger partial charge in [0.25, 0.3) is 5.91 Å². The molecule has 1 saturated carbocycles. The van der Waals surface area contributed by atoms with Crippen LogP contribution in [0.5, 0.6) is 0 Å². The zero-order chi connectivity index (χ0) is 27.1. The molecule has 7 heteroatoms. The van der Waals surface area contributed by atoms with Gasteiger partial charge in [-0.25, -0.2) is 4.39 Å².